The Hall–Kier alpha value is -0.530. The van der Waals surface area contributed by atoms with Gasteiger partial charge in [-0.25, -0.2) is 0 Å². The van der Waals surface area contributed by atoms with E-state index in [1.807, 2.05) is 13.4 Å². The van der Waals surface area contributed by atoms with Crippen molar-refractivity contribution in [1.29, 1.82) is 0 Å². The molecule has 0 amide bonds. The van der Waals surface area contributed by atoms with Crippen LogP contribution >= 0.6 is 0 Å². The van der Waals surface area contributed by atoms with Crippen LogP contribution in [-0.4, -0.2) is 30.4 Å². The van der Waals surface area contributed by atoms with E-state index in [4.69, 9.17) is 0 Å². The first-order valence-electron chi connectivity index (χ1n) is 7.16. The third kappa shape index (κ3) is 7.73. The van der Waals surface area contributed by atoms with Gasteiger partial charge < -0.3 is 4.90 Å². The zero-order valence-corrected chi connectivity index (χ0v) is 14.0. The van der Waals surface area contributed by atoms with Crippen LogP contribution < -0.4 is 0 Å². The van der Waals surface area contributed by atoms with Crippen LogP contribution in [0, 0.1) is 10.8 Å². The summed E-state index contributed by atoms with van der Waals surface area (Å²) in [6.45, 7) is 18.5. The van der Waals surface area contributed by atoms with Gasteiger partial charge in [0.05, 0.1) is 6.34 Å². The second kappa shape index (κ2) is 6.58. The predicted octanol–water partition coefficient (Wildman–Crippen LogP) is 4.60. The maximum Gasteiger partial charge on any atom is 0.0851 e. The van der Waals surface area contributed by atoms with E-state index in [0.29, 0.717) is 22.9 Å². The molecule has 108 valence electrons. The number of rotatable bonds is 5. The highest BCUT2D eigenvalue weighted by molar-refractivity contribution is 5.55. The summed E-state index contributed by atoms with van der Waals surface area (Å²) in [4.78, 5) is 6.67. The Morgan fingerprint density at radius 1 is 0.889 bits per heavy atom. The highest BCUT2D eigenvalue weighted by atomic mass is 15.2. The second-order valence-electron chi connectivity index (χ2n) is 8.05. The quantitative estimate of drug-likeness (QED) is 0.517. The Morgan fingerprint density at radius 3 is 1.44 bits per heavy atom. The monoisotopic (exact) mass is 254 g/mol. The molecule has 0 aromatic carbocycles. The van der Waals surface area contributed by atoms with Gasteiger partial charge in [-0.3, -0.25) is 4.99 Å². The fourth-order valence-corrected chi connectivity index (χ4v) is 2.78. The third-order valence-electron chi connectivity index (χ3n) is 3.08. The van der Waals surface area contributed by atoms with Gasteiger partial charge in [-0.15, -0.1) is 0 Å². The van der Waals surface area contributed by atoms with Gasteiger partial charge in [0.2, 0.25) is 0 Å². The molecule has 0 spiro atoms. The number of aliphatic imine (C=N–C) groups is 1. The summed E-state index contributed by atoms with van der Waals surface area (Å²) in [5, 5.41) is 0. The zero-order chi connectivity index (χ0) is 14.6. The van der Waals surface area contributed by atoms with Crippen LogP contribution in [0.15, 0.2) is 4.99 Å². The fourth-order valence-electron chi connectivity index (χ4n) is 2.78. The summed E-state index contributed by atoms with van der Waals surface area (Å²) in [6.07, 6.45) is 4.40. The fraction of sp³-hybridized carbons (Fsp3) is 0.938. The van der Waals surface area contributed by atoms with Crippen molar-refractivity contribution in [3.05, 3.63) is 0 Å². The lowest BCUT2D eigenvalue weighted by Crippen LogP contribution is -2.42. The van der Waals surface area contributed by atoms with Gasteiger partial charge >= 0.3 is 0 Å². The highest BCUT2D eigenvalue weighted by Gasteiger charge is 2.25. The van der Waals surface area contributed by atoms with Gasteiger partial charge in [0.25, 0.3) is 0 Å². The van der Waals surface area contributed by atoms with Crippen molar-refractivity contribution in [3.8, 4) is 0 Å². The summed E-state index contributed by atoms with van der Waals surface area (Å²) in [6, 6.07) is 1.07. The van der Waals surface area contributed by atoms with Gasteiger partial charge in [0, 0.05) is 19.1 Å². The predicted molar refractivity (Wildman–Crippen MR) is 83.3 cm³/mol. The molecule has 0 aromatic rings. The Kier molecular flexibility index (Phi) is 6.39. The number of hydrogen-bond donors (Lipinski definition) is 0. The van der Waals surface area contributed by atoms with Gasteiger partial charge in [-0.05, 0) is 37.5 Å². The van der Waals surface area contributed by atoms with Crippen LogP contribution in [0.25, 0.3) is 0 Å². The Labute approximate surface area is 115 Å². The molecule has 0 aliphatic heterocycles. The largest absolute Gasteiger partial charge is 0.358 e. The van der Waals surface area contributed by atoms with Crippen LogP contribution in [-0.2, 0) is 0 Å². The molecule has 0 rings (SSSR count). The summed E-state index contributed by atoms with van der Waals surface area (Å²) in [5.74, 6) is 0. The van der Waals surface area contributed by atoms with Gasteiger partial charge in [-0.2, -0.15) is 0 Å². The van der Waals surface area contributed by atoms with E-state index < -0.39 is 0 Å². The molecule has 0 aliphatic carbocycles. The average Bonchev–Trinajstić information content (AvgIpc) is 2.07. The summed E-state index contributed by atoms with van der Waals surface area (Å²) >= 11 is 0. The van der Waals surface area contributed by atoms with Crippen molar-refractivity contribution < 1.29 is 0 Å². The van der Waals surface area contributed by atoms with Crippen molar-refractivity contribution in [2.24, 2.45) is 15.8 Å². The van der Waals surface area contributed by atoms with Crippen molar-refractivity contribution in [2.75, 3.05) is 7.05 Å². The zero-order valence-electron chi connectivity index (χ0n) is 14.0. The molecule has 0 aromatic heterocycles. The maximum absolute atomic E-state index is 4.24. The van der Waals surface area contributed by atoms with Crippen molar-refractivity contribution in [2.45, 2.75) is 80.3 Å². The van der Waals surface area contributed by atoms with Crippen LogP contribution in [0.5, 0.6) is 0 Å². The topological polar surface area (TPSA) is 15.6 Å². The molecule has 0 saturated carbocycles. The Morgan fingerprint density at radius 2 is 1.22 bits per heavy atom. The molecular weight excluding hydrogens is 220 g/mol. The summed E-state index contributed by atoms with van der Waals surface area (Å²) in [5.41, 5.74) is 0.724. The summed E-state index contributed by atoms with van der Waals surface area (Å²) in [7, 11) is 1.86. The maximum atomic E-state index is 4.24. The molecule has 0 heterocycles. The van der Waals surface area contributed by atoms with E-state index >= 15 is 0 Å². The minimum Gasteiger partial charge on any atom is -0.358 e. The lowest BCUT2D eigenvalue weighted by molar-refractivity contribution is 0.169. The van der Waals surface area contributed by atoms with E-state index in [1.165, 1.54) is 12.8 Å². The smallest absolute Gasteiger partial charge is 0.0851 e. The molecule has 0 radical (unpaired) electrons. The number of nitrogens with zero attached hydrogens (tertiary/aromatic N) is 2. The van der Waals surface area contributed by atoms with Crippen LogP contribution in [0.2, 0.25) is 0 Å². The van der Waals surface area contributed by atoms with Crippen molar-refractivity contribution in [1.82, 2.24) is 4.90 Å². The van der Waals surface area contributed by atoms with E-state index in [1.54, 1.807) is 0 Å². The Bertz CT molecular complexity index is 233. The second-order valence-corrected chi connectivity index (χ2v) is 8.05. The molecular formula is C16H34N2. The van der Waals surface area contributed by atoms with E-state index in [9.17, 15) is 0 Å². The Balaban J connectivity index is 4.74. The molecule has 0 fully saturated rings. The molecule has 0 N–H and O–H groups in total. The first kappa shape index (κ1) is 17.5. The molecule has 0 saturated heterocycles. The molecule has 0 bridgehead atoms. The minimum absolute atomic E-state index is 0.362. The standard InChI is InChI=1S/C16H34N2/c1-13(10-15(3,4)5)18(12-17-9)14(2)11-16(6,7)8/h12-14H,10-11H2,1-9H3. The van der Waals surface area contributed by atoms with Crippen LogP contribution in [0.3, 0.4) is 0 Å². The molecule has 0 aliphatic rings. The van der Waals surface area contributed by atoms with Crippen molar-refractivity contribution >= 4 is 6.34 Å². The van der Waals surface area contributed by atoms with Gasteiger partial charge in [-0.1, -0.05) is 41.5 Å². The highest BCUT2D eigenvalue weighted by Crippen LogP contribution is 2.28. The van der Waals surface area contributed by atoms with Gasteiger partial charge in [0.15, 0.2) is 0 Å². The first-order chi connectivity index (χ1) is 7.96. The normalized spacial score (nSPS) is 16.9. The van der Waals surface area contributed by atoms with Crippen LogP contribution in [0.4, 0.5) is 0 Å². The third-order valence-corrected chi connectivity index (χ3v) is 3.08. The molecule has 2 heteroatoms. The molecule has 18 heavy (non-hydrogen) atoms. The first-order valence-corrected chi connectivity index (χ1v) is 7.16. The molecule has 2 atom stereocenters. The average molecular weight is 254 g/mol. The lowest BCUT2D eigenvalue weighted by Gasteiger charge is -2.38. The lowest BCUT2D eigenvalue weighted by atomic mass is 9.85. The summed E-state index contributed by atoms with van der Waals surface area (Å²) < 4.78 is 0. The van der Waals surface area contributed by atoms with Gasteiger partial charge in [0.1, 0.15) is 0 Å². The SMILES string of the molecule is CN=CN(C(C)CC(C)(C)C)C(C)CC(C)(C)C. The van der Waals surface area contributed by atoms with Crippen LogP contribution in [0.1, 0.15) is 68.2 Å². The van der Waals surface area contributed by atoms with E-state index in [2.05, 4.69) is 65.3 Å². The van der Waals surface area contributed by atoms with E-state index in [-0.39, 0.29) is 0 Å². The van der Waals surface area contributed by atoms with Crippen molar-refractivity contribution in [3.63, 3.8) is 0 Å². The number of hydrogen-bond acceptors (Lipinski definition) is 1. The minimum atomic E-state index is 0.362. The van der Waals surface area contributed by atoms with E-state index in [0.717, 1.165) is 0 Å². The molecule has 2 nitrogen and oxygen atoms in total. The molecule has 2 unspecified atom stereocenters.